The molecule has 20 heavy (non-hydrogen) atoms. The fourth-order valence-corrected chi connectivity index (χ4v) is 2.52. The highest BCUT2D eigenvalue weighted by Crippen LogP contribution is 2.21. The smallest absolute Gasteiger partial charge is 0.257 e. The third-order valence-electron chi connectivity index (χ3n) is 2.94. The van der Waals surface area contributed by atoms with Crippen LogP contribution in [-0.2, 0) is 0 Å². The molecule has 5 nitrogen and oxygen atoms in total. The van der Waals surface area contributed by atoms with Crippen molar-refractivity contribution < 1.29 is 9.59 Å². The second-order valence-electron chi connectivity index (χ2n) is 4.57. The standard InChI is InChI=1S/C14H15N3O2S/c1-7-4-8(2)11(15)5-10(7)13(19)17-14-16-12(6-20-14)9(3)18/h4-6H,15H2,1-3H3,(H,16,17,19). The average molecular weight is 289 g/mol. The number of nitrogens with two attached hydrogens (primary N) is 1. The third-order valence-corrected chi connectivity index (χ3v) is 3.70. The van der Waals surface area contributed by atoms with Gasteiger partial charge < -0.3 is 5.73 Å². The van der Waals surface area contributed by atoms with E-state index in [-0.39, 0.29) is 11.7 Å². The average Bonchev–Trinajstić information content (AvgIpc) is 2.82. The van der Waals surface area contributed by atoms with E-state index in [1.165, 1.54) is 18.3 Å². The van der Waals surface area contributed by atoms with Crippen LogP contribution < -0.4 is 11.1 Å². The van der Waals surface area contributed by atoms with Crippen LogP contribution in [0, 0.1) is 13.8 Å². The maximum Gasteiger partial charge on any atom is 0.257 e. The summed E-state index contributed by atoms with van der Waals surface area (Å²) in [6.07, 6.45) is 0. The monoisotopic (exact) mass is 289 g/mol. The molecule has 1 amide bonds. The van der Waals surface area contributed by atoms with Gasteiger partial charge in [-0.15, -0.1) is 11.3 Å². The molecule has 3 N–H and O–H groups in total. The lowest BCUT2D eigenvalue weighted by atomic mass is 10.0. The highest BCUT2D eigenvalue weighted by molar-refractivity contribution is 7.14. The lowest BCUT2D eigenvalue weighted by molar-refractivity contribution is 0.100. The minimum atomic E-state index is -0.279. The number of aromatic nitrogens is 1. The molecular formula is C14H15N3O2S. The summed E-state index contributed by atoms with van der Waals surface area (Å²) in [5, 5.41) is 4.70. The Kier molecular flexibility index (Phi) is 3.85. The van der Waals surface area contributed by atoms with Gasteiger partial charge in [0.25, 0.3) is 5.91 Å². The molecule has 104 valence electrons. The number of carbonyl (C=O) groups excluding carboxylic acids is 2. The number of ketones is 1. The predicted molar refractivity (Wildman–Crippen MR) is 80.4 cm³/mol. The summed E-state index contributed by atoms with van der Waals surface area (Å²) in [7, 11) is 0. The molecule has 0 aliphatic carbocycles. The van der Waals surface area contributed by atoms with Gasteiger partial charge in [0.1, 0.15) is 5.69 Å². The lowest BCUT2D eigenvalue weighted by Crippen LogP contribution is -2.14. The maximum absolute atomic E-state index is 12.2. The van der Waals surface area contributed by atoms with Gasteiger partial charge in [-0.3, -0.25) is 14.9 Å². The van der Waals surface area contributed by atoms with E-state index >= 15 is 0 Å². The molecule has 0 aliphatic heterocycles. The first kappa shape index (κ1) is 14.2. The van der Waals surface area contributed by atoms with Crippen molar-refractivity contribution >= 4 is 33.8 Å². The van der Waals surface area contributed by atoms with Crippen molar-refractivity contribution in [2.75, 3.05) is 11.1 Å². The molecule has 0 spiro atoms. The molecule has 0 saturated carbocycles. The molecule has 2 rings (SSSR count). The minimum Gasteiger partial charge on any atom is -0.398 e. The van der Waals surface area contributed by atoms with Gasteiger partial charge in [-0.2, -0.15) is 0 Å². The molecule has 0 aliphatic rings. The van der Waals surface area contributed by atoms with Crippen LogP contribution in [0.2, 0.25) is 0 Å². The number of amides is 1. The number of nitrogens with one attached hydrogen (secondary N) is 1. The number of hydrogen-bond donors (Lipinski definition) is 2. The Bertz CT molecular complexity index is 692. The Morgan fingerprint density at radius 1 is 1.25 bits per heavy atom. The van der Waals surface area contributed by atoms with Gasteiger partial charge >= 0.3 is 0 Å². The summed E-state index contributed by atoms with van der Waals surface area (Å²) in [5.41, 5.74) is 9.04. The maximum atomic E-state index is 12.2. The van der Waals surface area contributed by atoms with Crippen LogP contribution in [0.4, 0.5) is 10.8 Å². The fourth-order valence-electron chi connectivity index (χ4n) is 1.77. The molecule has 0 bridgehead atoms. The van der Waals surface area contributed by atoms with E-state index in [0.29, 0.717) is 22.1 Å². The van der Waals surface area contributed by atoms with Crippen LogP contribution in [0.25, 0.3) is 0 Å². The summed E-state index contributed by atoms with van der Waals surface area (Å²) in [4.78, 5) is 27.4. The minimum absolute atomic E-state index is 0.127. The third kappa shape index (κ3) is 2.85. The lowest BCUT2D eigenvalue weighted by Gasteiger charge is -2.08. The summed E-state index contributed by atoms with van der Waals surface area (Å²) >= 11 is 1.22. The zero-order chi connectivity index (χ0) is 14.9. The normalized spacial score (nSPS) is 10.3. The number of rotatable bonds is 3. The molecule has 1 aromatic carbocycles. The van der Waals surface area contributed by atoms with E-state index in [0.717, 1.165) is 11.1 Å². The quantitative estimate of drug-likeness (QED) is 0.672. The Labute approximate surface area is 120 Å². The number of aryl methyl sites for hydroxylation is 2. The molecule has 0 saturated heterocycles. The van der Waals surface area contributed by atoms with E-state index in [1.54, 1.807) is 11.4 Å². The Balaban J connectivity index is 2.23. The number of anilines is 2. The first-order chi connectivity index (χ1) is 9.38. The van der Waals surface area contributed by atoms with Crippen LogP contribution in [-0.4, -0.2) is 16.7 Å². The first-order valence-corrected chi connectivity index (χ1v) is 6.91. The van der Waals surface area contributed by atoms with E-state index in [9.17, 15) is 9.59 Å². The van der Waals surface area contributed by atoms with Gasteiger partial charge in [0.2, 0.25) is 0 Å². The van der Waals surface area contributed by atoms with Crippen LogP contribution in [0.15, 0.2) is 17.5 Å². The number of hydrogen-bond acceptors (Lipinski definition) is 5. The summed E-state index contributed by atoms with van der Waals surface area (Å²) in [6.45, 7) is 5.18. The van der Waals surface area contributed by atoms with Gasteiger partial charge in [0.05, 0.1) is 0 Å². The number of thiazole rings is 1. The van der Waals surface area contributed by atoms with Crippen molar-refractivity contribution in [1.82, 2.24) is 4.98 Å². The molecule has 6 heteroatoms. The Morgan fingerprint density at radius 3 is 2.55 bits per heavy atom. The zero-order valence-electron chi connectivity index (χ0n) is 11.5. The van der Waals surface area contributed by atoms with Crippen LogP contribution in [0.3, 0.4) is 0 Å². The highest BCUT2D eigenvalue weighted by Gasteiger charge is 2.14. The van der Waals surface area contributed by atoms with Crippen molar-refractivity contribution in [3.8, 4) is 0 Å². The van der Waals surface area contributed by atoms with Gasteiger partial charge in [-0.1, -0.05) is 6.07 Å². The van der Waals surface area contributed by atoms with Crippen molar-refractivity contribution in [2.24, 2.45) is 0 Å². The molecule has 2 aromatic rings. The SMILES string of the molecule is CC(=O)c1csc(NC(=O)c2cc(N)c(C)cc2C)n1. The highest BCUT2D eigenvalue weighted by atomic mass is 32.1. The topological polar surface area (TPSA) is 85.1 Å². The van der Waals surface area contributed by atoms with Crippen LogP contribution in [0.5, 0.6) is 0 Å². The van der Waals surface area contributed by atoms with E-state index in [4.69, 9.17) is 5.73 Å². The van der Waals surface area contributed by atoms with E-state index in [2.05, 4.69) is 10.3 Å². The Morgan fingerprint density at radius 2 is 1.95 bits per heavy atom. The van der Waals surface area contributed by atoms with E-state index in [1.807, 2.05) is 19.9 Å². The van der Waals surface area contributed by atoms with Crippen molar-refractivity contribution in [3.63, 3.8) is 0 Å². The number of nitrogens with zero attached hydrogens (tertiary/aromatic N) is 1. The number of Topliss-reactive ketones (excluding diaryl/α,β-unsaturated/α-hetero) is 1. The molecular weight excluding hydrogens is 274 g/mol. The van der Waals surface area contributed by atoms with Crippen molar-refractivity contribution in [2.45, 2.75) is 20.8 Å². The van der Waals surface area contributed by atoms with Crippen molar-refractivity contribution in [3.05, 3.63) is 39.9 Å². The van der Waals surface area contributed by atoms with Gasteiger partial charge in [0.15, 0.2) is 10.9 Å². The fraction of sp³-hybridized carbons (Fsp3) is 0.214. The predicted octanol–water partition coefficient (Wildman–Crippen LogP) is 2.80. The summed E-state index contributed by atoms with van der Waals surface area (Å²) < 4.78 is 0. The zero-order valence-corrected chi connectivity index (χ0v) is 12.3. The molecule has 0 radical (unpaired) electrons. The first-order valence-electron chi connectivity index (χ1n) is 6.03. The number of carbonyl (C=O) groups is 2. The van der Waals surface area contributed by atoms with Crippen LogP contribution >= 0.6 is 11.3 Å². The van der Waals surface area contributed by atoms with Gasteiger partial charge in [-0.05, 0) is 31.0 Å². The molecule has 0 fully saturated rings. The van der Waals surface area contributed by atoms with Crippen LogP contribution in [0.1, 0.15) is 38.9 Å². The summed E-state index contributed by atoms with van der Waals surface area (Å²) in [6, 6.07) is 3.52. The molecule has 1 aromatic heterocycles. The molecule has 1 heterocycles. The molecule has 0 unspecified atom stereocenters. The largest absolute Gasteiger partial charge is 0.398 e. The van der Waals surface area contributed by atoms with Gasteiger partial charge in [0, 0.05) is 23.6 Å². The number of benzene rings is 1. The second kappa shape index (κ2) is 5.42. The Hall–Kier alpha value is -2.21. The second-order valence-corrected chi connectivity index (χ2v) is 5.43. The molecule has 0 atom stereocenters. The summed E-state index contributed by atoms with van der Waals surface area (Å²) in [5.74, 6) is -0.406. The van der Waals surface area contributed by atoms with E-state index < -0.39 is 0 Å². The van der Waals surface area contributed by atoms with Gasteiger partial charge in [-0.25, -0.2) is 4.98 Å². The van der Waals surface area contributed by atoms with Crippen molar-refractivity contribution in [1.29, 1.82) is 0 Å². The number of nitrogen functional groups attached to an aromatic ring is 1.